The van der Waals surface area contributed by atoms with Crippen molar-refractivity contribution in [2.75, 3.05) is 24.7 Å². The molecule has 0 bridgehead atoms. The summed E-state index contributed by atoms with van der Waals surface area (Å²) in [6.07, 6.45) is 5.66. The largest absolute Gasteiger partial charge is 0.486 e. The maximum atomic E-state index is 12.7. The van der Waals surface area contributed by atoms with Crippen molar-refractivity contribution in [2.45, 2.75) is 19.5 Å². The average molecular weight is 432 g/mol. The number of carbonyl (C=O) groups excluding carboxylic acids is 2. The second-order valence-electron chi connectivity index (χ2n) is 8.00. The molecule has 1 aromatic heterocycles. The molecule has 1 N–H and O–H groups in total. The summed E-state index contributed by atoms with van der Waals surface area (Å²) in [5.74, 6) is 0.755. The van der Waals surface area contributed by atoms with Crippen molar-refractivity contribution in [3.63, 3.8) is 0 Å². The SMILES string of the molecule is O=C(NCc1ccc(Cn2ccnc2)cc1)[C@@H]1CC(=O)N(c2ccc3c(c2)OCCO3)C1. The minimum atomic E-state index is -0.379. The molecule has 2 aromatic carbocycles. The first-order valence-corrected chi connectivity index (χ1v) is 10.7. The molecule has 0 saturated carbocycles. The smallest absolute Gasteiger partial charge is 0.227 e. The molecule has 0 spiro atoms. The second kappa shape index (κ2) is 8.74. The minimum absolute atomic E-state index is 0.0642. The van der Waals surface area contributed by atoms with Gasteiger partial charge in [-0.3, -0.25) is 9.59 Å². The van der Waals surface area contributed by atoms with Crippen LogP contribution in [-0.4, -0.2) is 41.1 Å². The Bertz CT molecular complexity index is 1110. The van der Waals surface area contributed by atoms with Crippen LogP contribution in [0.15, 0.2) is 61.2 Å². The van der Waals surface area contributed by atoms with Gasteiger partial charge in [0.05, 0.1) is 12.2 Å². The van der Waals surface area contributed by atoms with Crippen LogP contribution in [0, 0.1) is 5.92 Å². The summed E-state index contributed by atoms with van der Waals surface area (Å²) >= 11 is 0. The zero-order valence-electron chi connectivity index (χ0n) is 17.6. The molecule has 1 saturated heterocycles. The number of hydrogen-bond donors (Lipinski definition) is 1. The van der Waals surface area contributed by atoms with E-state index in [0.717, 1.165) is 23.4 Å². The fourth-order valence-corrected chi connectivity index (χ4v) is 4.02. The van der Waals surface area contributed by atoms with Gasteiger partial charge in [-0.1, -0.05) is 24.3 Å². The van der Waals surface area contributed by atoms with Crippen molar-refractivity contribution in [3.05, 3.63) is 72.3 Å². The van der Waals surface area contributed by atoms with E-state index in [0.29, 0.717) is 37.8 Å². The molecule has 2 aliphatic rings. The molecule has 1 atom stereocenters. The summed E-state index contributed by atoms with van der Waals surface area (Å²) in [5.41, 5.74) is 2.90. The first-order chi connectivity index (χ1) is 15.7. The Hall–Kier alpha value is -3.81. The van der Waals surface area contributed by atoms with E-state index in [-0.39, 0.29) is 24.2 Å². The number of imidazole rings is 1. The number of carbonyl (C=O) groups is 2. The van der Waals surface area contributed by atoms with E-state index in [1.165, 1.54) is 0 Å². The number of fused-ring (bicyclic) bond motifs is 1. The Morgan fingerprint density at radius 2 is 1.84 bits per heavy atom. The quantitative estimate of drug-likeness (QED) is 0.646. The molecule has 0 aliphatic carbocycles. The zero-order valence-corrected chi connectivity index (χ0v) is 17.6. The van der Waals surface area contributed by atoms with Gasteiger partial charge >= 0.3 is 0 Å². The van der Waals surface area contributed by atoms with Gasteiger partial charge < -0.3 is 24.3 Å². The highest BCUT2D eigenvalue weighted by Gasteiger charge is 2.35. The molecule has 8 nitrogen and oxygen atoms in total. The number of anilines is 1. The van der Waals surface area contributed by atoms with Crippen molar-refractivity contribution in [1.82, 2.24) is 14.9 Å². The fraction of sp³-hybridized carbons (Fsp3) is 0.292. The maximum absolute atomic E-state index is 12.7. The molecule has 3 heterocycles. The summed E-state index contributed by atoms with van der Waals surface area (Å²) in [4.78, 5) is 31.0. The van der Waals surface area contributed by atoms with Crippen LogP contribution in [0.25, 0.3) is 0 Å². The first-order valence-electron chi connectivity index (χ1n) is 10.7. The van der Waals surface area contributed by atoms with E-state index in [2.05, 4.69) is 10.3 Å². The van der Waals surface area contributed by atoms with Crippen LogP contribution in [0.2, 0.25) is 0 Å². The summed E-state index contributed by atoms with van der Waals surface area (Å²) in [7, 11) is 0. The van der Waals surface area contributed by atoms with Crippen molar-refractivity contribution >= 4 is 17.5 Å². The van der Waals surface area contributed by atoms with Crippen molar-refractivity contribution in [1.29, 1.82) is 0 Å². The molecule has 0 unspecified atom stereocenters. The van der Waals surface area contributed by atoms with Crippen LogP contribution in [0.4, 0.5) is 5.69 Å². The topological polar surface area (TPSA) is 85.7 Å². The van der Waals surface area contributed by atoms with Crippen LogP contribution < -0.4 is 19.7 Å². The average Bonchev–Trinajstić information content (AvgIpc) is 3.48. The van der Waals surface area contributed by atoms with Crippen LogP contribution in [0.1, 0.15) is 17.5 Å². The number of rotatable bonds is 6. The van der Waals surface area contributed by atoms with Gasteiger partial charge in [0.25, 0.3) is 0 Å². The lowest BCUT2D eigenvalue weighted by Gasteiger charge is -2.22. The molecular formula is C24H24N4O4. The third-order valence-electron chi connectivity index (χ3n) is 5.75. The molecular weight excluding hydrogens is 408 g/mol. The van der Waals surface area contributed by atoms with Crippen LogP contribution in [0.5, 0.6) is 11.5 Å². The Morgan fingerprint density at radius 3 is 2.62 bits per heavy atom. The van der Waals surface area contributed by atoms with Gasteiger partial charge in [0.1, 0.15) is 13.2 Å². The van der Waals surface area contributed by atoms with Gasteiger partial charge in [-0.15, -0.1) is 0 Å². The Balaban J connectivity index is 1.16. The molecule has 8 heteroatoms. The van der Waals surface area contributed by atoms with Gasteiger partial charge in [-0.25, -0.2) is 4.98 Å². The highest BCUT2D eigenvalue weighted by atomic mass is 16.6. The van der Waals surface area contributed by atoms with Gasteiger partial charge in [0.2, 0.25) is 11.8 Å². The number of nitrogens with zero attached hydrogens (tertiary/aromatic N) is 3. The van der Waals surface area contributed by atoms with Crippen molar-refractivity contribution in [2.24, 2.45) is 5.92 Å². The van der Waals surface area contributed by atoms with Gasteiger partial charge in [0.15, 0.2) is 11.5 Å². The Kier molecular flexibility index (Phi) is 5.49. The lowest BCUT2D eigenvalue weighted by molar-refractivity contribution is -0.126. The Morgan fingerprint density at radius 1 is 1.06 bits per heavy atom. The molecule has 1 fully saturated rings. The highest BCUT2D eigenvalue weighted by Crippen LogP contribution is 2.36. The number of benzene rings is 2. The lowest BCUT2D eigenvalue weighted by Crippen LogP contribution is -2.32. The summed E-state index contributed by atoms with van der Waals surface area (Å²) in [6.45, 7) is 2.55. The van der Waals surface area contributed by atoms with Crippen LogP contribution in [0.3, 0.4) is 0 Å². The van der Waals surface area contributed by atoms with Gasteiger partial charge in [-0.05, 0) is 23.3 Å². The van der Waals surface area contributed by atoms with Crippen molar-refractivity contribution in [3.8, 4) is 11.5 Å². The molecule has 0 radical (unpaired) electrons. The first kappa shape index (κ1) is 20.1. The molecule has 2 aliphatic heterocycles. The highest BCUT2D eigenvalue weighted by molar-refractivity contribution is 6.00. The molecule has 3 aromatic rings. The molecule has 2 amide bonds. The number of nitrogens with one attached hydrogen (secondary N) is 1. The predicted octanol–water partition coefficient (Wildman–Crippen LogP) is 2.37. The Labute approximate surface area is 185 Å². The number of hydrogen-bond acceptors (Lipinski definition) is 5. The fourth-order valence-electron chi connectivity index (χ4n) is 4.02. The van der Waals surface area contributed by atoms with Gasteiger partial charge in [0, 0.05) is 50.2 Å². The molecule has 164 valence electrons. The maximum Gasteiger partial charge on any atom is 0.227 e. The van der Waals surface area contributed by atoms with E-state index in [9.17, 15) is 9.59 Å². The van der Waals surface area contributed by atoms with E-state index >= 15 is 0 Å². The summed E-state index contributed by atoms with van der Waals surface area (Å²) in [5, 5.41) is 2.97. The van der Waals surface area contributed by atoms with Gasteiger partial charge in [-0.2, -0.15) is 0 Å². The van der Waals surface area contributed by atoms with E-state index in [1.54, 1.807) is 29.6 Å². The normalized spacial score (nSPS) is 17.4. The van der Waals surface area contributed by atoms with E-state index in [1.807, 2.05) is 41.1 Å². The number of aromatic nitrogens is 2. The standard InChI is InChI=1S/C24H24N4O4/c29-23-11-19(15-28(23)20-5-6-21-22(12-20)32-10-9-31-21)24(30)26-13-17-1-3-18(4-2-17)14-27-8-7-25-16-27/h1-8,12,16,19H,9-11,13-15H2,(H,26,30)/t19-/m1/s1. The summed E-state index contributed by atoms with van der Waals surface area (Å²) < 4.78 is 13.2. The van der Waals surface area contributed by atoms with E-state index < -0.39 is 0 Å². The molecule has 5 rings (SSSR count). The predicted molar refractivity (Wildman–Crippen MR) is 118 cm³/mol. The van der Waals surface area contributed by atoms with Crippen LogP contribution in [-0.2, 0) is 22.7 Å². The number of ether oxygens (including phenoxy) is 2. The third kappa shape index (κ3) is 4.30. The minimum Gasteiger partial charge on any atom is -0.486 e. The van der Waals surface area contributed by atoms with Crippen molar-refractivity contribution < 1.29 is 19.1 Å². The number of amides is 2. The third-order valence-corrected chi connectivity index (χ3v) is 5.75. The van der Waals surface area contributed by atoms with E-state index in [4.69, 9.17) is 9.47 Å². The monoisotopic (exact) mass is 432 g/mol. The zero-order chi connectivity index (χ0) is 21.9. The molecule has 32 heavy (non-hydrogen) atoms. The lowest BCUT2D eigenvalue weighted by atomic mass is 10.1. The van der Waals surface area contributed by atoms with Crippen LogP contribution >= 0.6 is 0 Å². The second-order valence-corrected chi connectivity index (χ2v) is 8.00. The summed E-state index contributed by atoms with van der Waals surface area (Å²) in [6, 6.07) is 13.5.